The maximum absolute atomic E-state index is 12.6. The summed E-state index contributed by atoms with van der Waals surface area (Å²) in [5.74, 6) is 0.152. The van der Waals surface area contributed by atoms with E-state index in [9.17, 15) is 8.42 Å². The lowest BCUT2D eigenvalue weighted by Crippen LogP contribution is -2.39. The van der Waals surface area contributed by atoms with Gasteiger partial charge in [0.1, 0.15) is 4.90 Å². The Hall–Kier alpha value is -0.530. The van der Waals surface area contributed by atoms with Gasteiger partial charge >= 0.3 is 0 Å². The molecule has 0 bridgehead atoms. The molecule has 0 unspecified atom stereocenters. The third kappa shape index (κ3) is 3.04. The maximum Gasteiger partial charge on any atom is 0.246 e. The van der Waals surface area contributed by atoms with Crippen molar-refractivity contribution in [3.8, 4) is 0 Å². The number of benzene rings is 1. The highest BCUT2D eigenvalue weighted by atomic mass is 35.5. The molecular formula is C12H16Cl2N2O3S. The van der Waals surface area contributed by atoms with Crippen LogP contribution in [0.15, 0.2) is 17.0 Å². The summed E-state index contributed by atoms with van der Waals surface area (Å²) < 4.78 is 26.5. The molecule has 8 heteroatoms. The zero-order valence-corrected chi connectivity index (χ0v) is 13.0. The van der Waals surface area contributed by atoms with Crippen molar-refractivity contribution < 1.29 is 13.5 Å². The van der Waals surface area contributed by atoms with E-state index in [1.54, 1.807) is 0 Å². The van der Waals surface area contributed by atoms with E-state index in [1.807, 2.05) is 0 Å². The zero-order chi connectivity index (χ0) is 14.9. The summed E-state index contributed by atoms with van der Waals surface area (Å²) in [5.41, 5.74) is 5.80. The van der Waals surface area contributed by atoms with E-state index in [0.717, 1.165) is 0 Å². The number of anilines is 1. The number of hydrogen-bond donors (Lipinski definition) is 2. The Morgan fingerprint density at radius 1 is 1.30 bits per heavy atom. The molecule has 5 nitrogen and oxygen atoms in total. The van der Waals surface area contributed by atoms with E-state index >= 15 is 0 Å². The van der Waals surface area contributed by atoms with Gasteiger partial charge in [0, 0.05) is 24.7 Å². The van der Waals surface area contributed by atoms with Crippen LogP contribution in [-0.2, 0) is 10.0 Å². The maximum atomic E-state index is 12.6. The SMILES string of the molecule is Nc1cc(Cl)cc(Cl)c1S(=O)(=O)N1CCC(CO)CC1. The number of sulfonamides is 1. The molecule has 1 aliphatic heterocycles. The summed E-state index contributed by atoms with van der Waals surface area (Å²) in [7, 11) is -3.74. The Morgan fingerprint density at radius 3 is 2.40 bits per heavy atom. The largest absolute Gasteiger partial charge is 0.398 e. The topological polar surface area (TPSA) is 83.6 Å². The van der Waals surface area contributed by atoms with Crippen molar-refractivity contribution in [3.05, 3.63) is 22.2 Å². The third-order valence-electron chi connectivity index (χ3n) is 3.47. The number of piperidine rings is 1. The summed E-state index contributed by atoms with van der Waals surface area (Å²) in [6.45, 7) is 0.787. The predicted octanol–water partition coefficient (Wildman–Crippen LogP) is 1.97. The molecule has 0 amide bonds. The molecule has 1 aliphatic rings. The van der Waals surface area contributed by atoms with E-state index in [2.05, 4.69) is 0 Å². The summed E-state index contributed by atoms with van der Waals surface area (Å²) in [6, 6.07) is 2.74. The highest BCUT2D eigenvalue weighted by Crippen LogP contribution is 2.34. The molecule has 112 valence electrons. The molecule has 2 rings (SSSR count). The fraction of sp³-hybridized carbons (Fsp3) is 0.500. The van der Waals surface area contributed by atoms with Gasteiger partial charge in [-0.25, -0.2) is 8.42 Å². The Kier molecular flexibility index (Phi) is 4.81. The van der Waals surface area contributed by atoms with Crippen molar-refractivity contribution in [2.75, 3.05) is 25.4 Å². The van der Waals surface area contributed by atoms with E-state index in [-0.39, 0.29) is 28.1 Å². The minimum absolute atomic E-state index is 0.0271. The second-order valence-electron chi connectivity index (χ2n) is 4.84. The number of hydrogen-bond acceptors (Lipinski definition) is 4. The number of halogens is 2. The first-order valence-electron chi connectivity index (χ1n) is 6.21. The van der Waals surface area contributed by atoms with Crippen LogP contribution in [0, 0.1) is 5.92 Å². The summed E-state index contributed by atoms with van der Waals surface area (Å²) >= 11 is 11.8. The van der Waals surface area contributed by atoms with Crippen molar-refractivity contribution in [2.45, 2.75) is 17.7 Å². The molecule has 0 spiro atoms. The number of aliphatic hydroxyl groups is 1. The molecule has 1 heterocycles. The Labute approximate surface area is 128 Å². The molecule has 3 N–H and O–H groups in total. The molecule has 0 aromatic heterocycles. The van der Waals surface area contributed by atoms with Gasteiger partial charge in [-0.1, -0.05) is 23.2 Å². The van der Waals surface area contributed by atoms with E-state index in [1.165, 1.54) is 16.4 Å². The molecule has 0 saturated carbocycles. The van der Waals surface area contributed by atoms with Crippen molar-refractivity contribution in [1.29, 1.82) is 0 Å². The average Bonchev–Trinajstić information content (AvgIpc) is 2.37. The Balaban J connectivity index is 2.32. The smallest absolute Gasteiger partial charge is 0.246 e. The number of rotatable bonds is 3. The van der Waals surface area contributed by atoms with Crippen molar-refractivity contribution >= 4 is 38.9 Å². The number of aliphatic hydroxyl groups excluding tert-OH is 1. The van der Waals surface area contributed by atoms with Gasteiger partial charge < -0.3 is 10.8 Å². The standard InChI is InChI=1S/C12H16Cl2N2O3S/c13-9-5-10(14)12(11(15)6-9)20(18,19)16-3-1-8(7-17)2-4-16/h5-6,8,17H,1-4,7,15H2. The molecule has 0 atom stereocenters. The van der Waals surface area contributed by atoms with Crippen molar-refractivity contribution in [1.82, 2.24) is 4.31 Å². The lowest BCUT2D eigenvalue weighted by Gasteiger charge is -2.30. The summed E-state index contributed by atoms with van der Waals surface area (Å²) in [4.78, 5) is -0.0917. The first-order chi connectivity index (χ1) is 9.36. The Bertz CT molecular complexity index is 576. The van der Waals surface area contributed by atoms with Crippen LogP contribution in [0.3, 0.4) is 0 Å². The van der Waals surface area contributed by atoms with Gasteiger partial charge in [-0.3, -0.25) is 0 Å². The minimum atomic E-state index is -3.74. The summed E-state index contributed by atoms with van der Waals surface area (Å²) in [6.07, 6.45) is 1.25. The normalized spacial score (nSPS) is 18.4. The Morgan fingerprint density at radius 2 is 1.90 bits per heavy atom. The van der Waals surface area contributed by atoms with Gasteiger partial charge in [0.05, 0.1) is 10.7 Å². The highest BCUT2D eigenvalue weighted by molar-refractivity contribution is 7.89. The van der Waals surface area contributed by atoms with Crippen LogP contribution in [0.25, 0.3) is 0 Å². The fourth-order valence-electron chi connectivity index (χ4n) is 2.31. The van der Waals surface area contributed by atoms with E-state index in [0.29, 0.717) is 31.0 Å². The average molecular weight is 339 g/mol. The van der Waals surface area contributed by atoms with Crippen LogP contribution < -0.4 is 5.73 Å². The second-order valence-corrected chi connectivity index (χ2v) is 7.55. The predicted molar refractivity (Wildman–Crippen MR) is 79.4 cm³/mol. The molecule has 1 aromatic rings. The second kappa shape index (κ2) is 6.07. The van der Waals surface area contributed by atoms with Crippen LogP contribution in [0.2, 0.25) is 10.0 Å². The van der Waals surface area contributed by atoms with Crippen LogP contribution in [0.1, 0.15) is 12.8 Å². The van der Waals surface area contributed by atoms with Crippen LogP contribution in [0.5, 0.6) is 0 Å². The van der Waals surface area contributed by atoms with Gasteiger partial charge in [-0.15, -0.1) is 0 Å². The van der Waals surface area contributed by atoms with E-state index in [4.69, 9.17) is 34.0 Å². The van der Waals surface area contributed by atoms with Crippen LogP contribution in [0.4, 0.5) is 5.69 Å². The van der Waals surface area contributed by atoms with Gasteiger partial charge in [-0.05, 0) is 30.9 Å². The molecule has 1 saturated heterocycles. The summed E-state index contributed by atoms with van der Waals surface area (Å²) in [5, 5.41) is 9.42. The molecular weight excluding hydrogens is 323 g/mol. The van der Waals surface area contributed by atoms with Gasteiger partial charge in [0.15, 0.2) is 0 Å². The number of nitrogen functional groups attached to an aromatic ring is 1. The minimum Gasteiger partial charge on any atom is -0.398 e. The zero-order valence-electron chi connectivity index (χ0n) is 10.7. The lowest BCUT2D eigenvalue weighted by molar-refractivity contribution is 0.170. The first-order valence-corrected chi connectivity index (χ1v) is 8.41. The lowest BCUT2D eigenvalue weighted by atomic mass is 10.00. The molecule has 1 fully saturated rings. The van der Waals surface area contributed by atoms with Crippen molar-refractivity contribution in [2.24, 2.45) is 5.92 Å². The first kappa shape index (κ1) is 15.9. The van der Waals surface area contributed by atoms with Gasteiger partial charge in [0.25, 0.3) is 0 Å². The monoisotopic (exact) mass is 338 g/mol. The van der Waals surface area contributed by atoms with Crippen LogP contribution >= 0.6 is 23.2 Å². The fourth-order valence-corrected chi connectivity index (χ4v) is 4.73. The van der Waals surface area contributed by atoms with Crippen LogP contribution in [-0.4, -0.2) is 37.5 Å². The molecule has 0 radical (unpaired) electrons. The van der Waals surface area contributed by atoms with Crippen molar-refractivity contribution in [3.63, 3.8) is 0 Å². The molecule has 0 aliphatic carbocycles. The quantitative estimate of drug-likeness (QED) is 0.825. The van der Waals surface area contributed by atoms with Gasteiger partial charge in [0.2, 0.25) is 10.0 Å². The van der Waals surface area contributed by atoms with Gasteiger partial charge in [-0.2, -0.15) is 4.31 Å². The number of nitrogens with two attached hydrogens (primary N) is 1. The molecule has 1 aromatic carbocycles. The molecule has 20 heavy (non-hydrogen) atoms. The third-order valence-corrected chi connectivity index (χ3v) is 6.11. The van der Waals surface area contributed by atoms with E-state index < -0.39 is 10.0 Å². The number of nitrogens with zero attached hydrogens (tertiary/aromatic N) is 1. The highest BCUT2D eigenvalue weighted by Gasteiger charge is 2.32.